The van der Waals surface area contributed by atoms with Crippen molar-refractivity contribution in [3.8, 4) is 0 Å². The zero-order valence-electron chi connectivity index (χ0n) is 13.6. The zero-order chi connectivity index (χ0) is 16.1. The number of hydrogen-bond acceptors (Lipinski definition) is 2. The number of H-pyrrole nitrogens is 1. The molecule has 0 saturated carbocycles. The van der Waals surface area contributed by atoms with Crippen molar-refractivity contribution in [1.29, 1.82) is 0 Å². The van der Waals surface area contributed by atoms with E-state index in [1.165, 1.54) is 0 Å². The fourth-order valence-electron chi connectivity index (χ4n) is 0.626. The van der Waals surface area contributed by atoms with E-state index in [1.54, 1.807) is 4.98 Å². The van der Waals surface area contributed by atoms with Gasteiger partial charge in [0, 0.05) is 20.3 Å². The summed E-state index contributed by atoms with van der Waals surface area (Å²) >= 11 is 5.37. The van der Waals surface area contributed by atoms with Crippen molar-refractivity contribution in [3.63, 3.8) is 0 Å². The van der Waals surface area contributed by atoms with Gasteiger partial charge in [0.2, 0.25) is 0 Å². The molecule has 0 atom stereocenters. The third-order valence-electron chi connectivity index (χ3n) is 1.06. The predicted molar refractivity (Wildman–Crippen MR) is 46.7 cm³/mol. The average Bonchev–Trinajstić information content (AvgIpc) is 2.22. The molecule has 0 aliphatic heterocycles. The Morgan fingerprint density at radius 3 is 3.08 bits per heavy atom. The molecule has 0 saturated heterocycles. The van der Waals surface area contributed by atoms with Gasteiger partial charge < -0.3 is 0 Å². The van der Waals surface area contributed by atoms with Crippen molar-refractivity contribution in [2.75, 3.05) is 0 Å². The Morgan fingerprint density at radius 2 is 2.50 bits per heavy atom. The molecule has 66 valence electrons. The molecular weight excluding hydrogens is 180 g/mol. The van der Waals surface area contributed by atoms with Gasteiger partial charge in [-0.2, -0.15) is 0 Å². The van der Waals surface area contributed by atoms with E-state index < -0.39 is 42.2 Å². The smallest absolute Gasteiger partial charge is 0.298 e. The minimum Gasteiger partial charge on any atom is -0.298 e. The van der Waals surface area contributed by atoms with E-state index in [2.05, 4.69) is 0 Å². The minimum absolute atomic E-state index is 0.318. The minimum atomic E-state index is -3.54. The molecule has 5 heteroatoms. The molecule has 0 aromatic carbocycles. The zero-order valence-corrected chi connectivity index (χ0v) is 6.40. The SMILES string of the molecule is [2H]c1c(Cl)[nH]c(=O)n(C([2H])(C([2H])([2H])[2H])C([2H])([2H])[2H])c1=O. The van der Waals surface area contributed by atoms with Crippen LogP contribution in [0.3, 0.4) is 0 Å². The number of aromatic amines is 1. The number of nitrogens with one attached hydrogen (secondary N) is 1. The summed E-state index contributed by atoms with van der Waals surface area (Å²) in [6.07, 6.45) is 0. The largest absolute Gasteiger partial charge is 0.329 e. The van der Waals surface area contributed by atoms with Gasteiger partial charge in [0.05, 0.1) is 2.74 Å². The predicted octanol–water partition coefficient (Wildman–Crippen LogP) is 0.771. The van der Waals surface area contributed by atoms with Gasteiger partial charge in [0.1, 0.15) is 5.15 Å². The van der Waals surface area contributed by atoms with Crippen LogP contribution in [0.4, 0.5) is 0 Å². The molecule has 0 spiro atoms. The van der Waals surface area contributed by atoms with Crippen LogP contribution < -0.4 is 11.2 Å². The molecule has 0 radical (unpaired) electrons. The summed E-state index contributed by atoms with van der Waals surface area (Å²) < 4.78 is 57.7. The summed E-state index contributed by atoms with van der Waals surface area (Å²) in [4.78, 5) is 25.2. The Labute approximate surface area is 85.0 Å². The first kappa shape index (κ1) is 3.03. The fourth-order valence-corrected chi connectivity index (χ4v) is 0.788. The number of rotatable bonds is 1. The lowest BCUT2D eigenvalue weighted by Crippen LogP contribution is -2.35. The van der Waals surface area contributed by atoms with Gasteiger partial charge in [0.15, 0.2) is 0 Å². The first-order valence-electron chi connectivity index (χ1n) is 6.77. The molecule has 0 bridgehead atoms. The quantitative estimate of drug-likeness (QED) is 0.675. The third kappa shape index (κ3) is 1.58. The molecule has 0 aliphatic rings. The first-order chi connectivity index (χ1) is 8.75. The van der Waals surface area contributed by atoms with Gasteiger partial charge in [-0.1, -0.05) is 11.6 Å². The lowest BCUT2D eigenvalue weighted by molar-refractivity contribution is 0.546. The van der Waals surface area contributed by atoms with Gasteiger partial charge in [0.25, 0.3) is 5.56 Å². The number of halogens is 1. The highest BCUT2D eigenvalue weighted by molar-refractivity contribution is 6.29. The summed E-state index contributed by atoms with van der Waals surface area (Å²) in [6.45, 7) is -7.04. The van der Waals surface area contributed by atoms with Gasteiger partial charge in [-0.05, 0) is 13.7 Å². The summed E-state index contributed by atoms with van der Waals surface area (Å²) in [7, 11) is 0. The monoisotopic (exact) mass is 196 g/mol. The van der Waals surface area contributed by atoms with Crippen molar-refractivity contribution in [2.45, 2.75) is 19.7 Å². The molecule has 12 heavy (non-hydrogen) atoms. The molecule has 1 heterocycles. The Bertz CT molecular complexity index is 628. The highest BCUT2D eigenvalue weighted by Crippen LogP contribution is 1.97. The summed E-state index contributed by atoms with van der Waals surface area (Å²) in [5.41, 5.74) is -3.06. The standard InChI is InChI=1S/C7H9ClN2O2/c1-4(2)10-6(11)3-5(8)9-7(10)12/h3-4H,1-2H3,(H,9,12)/i1D3,2D3,3D,4D. The lowest BCUT2D eigenvalue weighted by atomic mass is 10.4. The molecule has 1 N–H and O–H groups in total. The van der Waals surface area contributed by atoms with Gasteiger partial charge in [-0.25, -0.2) is 4.79 Å². The van der Waals surface area contributed by atoms with Crippen molar-refractivity contribution < 1.29 is 11.0 Å². The normalized spacial score (nSPS) is 23.4. The molecule has 0 unspecified atom stereocenters. The van der Waals surface area contributed by atoms with E-state index in [-0.39, 0.29) is 4.57 Å². The summed E-state index contributed by atoms with van der Waals surface area (Å²) in [5.74, 6) is 0. The molecule has 0 aliphatic carbocycles. The van der Waals surface area contributed by atoms with Crippen LogP contribution in [0.15, 0.2) is 15.6 Å². The van der Waals surface area contributed by atoms with E-state index >= 15 is 0 Å². The fraction of sp³-hybridized carbons (Fsp3) is 0.429. The second-order valence-corrected chi connectivity index (χ2v) is 2.24. The van der Waals surface area contributed by atoms with Crippen LogP contribution in [0.2, 0.25) is 5.15 Å². The number of nitrogens with zero attached hydrogens (tertiary/aromatic N) is 1. The molecule has 0 fully saturated rings. The van der Waals surface area contributed by atoms with Crippen molar-refractivity contribution in [2.24, 2.45) is 0 Å². The van der Waals surface area contributed by atoms with E-state index in [4.69, 9.17) is 22.6 Å². The Hall–Kier alpha value is -1.03. The second-order valence-electron chi connectivity index (χ2n) is 1.86. The molecule has 0 amide bonds. The highest BCUT2D eigenvalue weighted by Gasteiger charge is 2.05. The summed E-state index contributed by atoms with van der Waals surface area (Å²) in [5, 5.41) is -0.672. The van der Waals surface area contributed by atoms with Crippen LogP contribution in [0.25, 0.3) is 0 Å². The molecule has 1 aromatic rings. The van der Waals surface area contributed by atoms with Crippen LogP contribution >= 0.6 is 11.6 Å². The topological polar surface area (TPSA) is 54.9 Å². The lowest BCUT2D eigenvalue weighted by Gasteiger charge is -2.06. The first-order valence-corrected chi connectivity index (χ1v) is 3.15. The van der Waals surface area contributed by atoms with Crippen LogP contribution in [0.5, 0.6) is 0 Å². The van der Waals surface area contributed by atoms with E-state index in [0.717, 1.165) is 0 Å². The molecular formula is C7H9ClN2O2. The Kier molecular flexibility index (Phi) is 0.794. The Morgan fingerprint density at radius 1 is 1.83 bits per heavy atom. The van der Waals surface area contributed by atoms with E-state index in [9.17, 15) is 9.59 Å². The van der Waals surface area contributed by atoms with Gasteiger partial charge in [-0.3, -0.25) is 14.3 Å². The van der Waals surface area contributed by atoms with Crippen LogP contribution in [0, 0.1) is 0 Å². The second kappa shape index (κ2) is 3.15. The highest BCUT2D eigenvalue weighted by atomic mass is 35.5. The van der Waals surface area contributed by atoms with Crippen LogP contribution in [0.1, 0.15) is 30.7 Å². The third-order valence-corrected chi connectivity index (χ3v) is 1.25. The van der Waals surface area contributed by atoms with Crippen molar-refractivity contribution in [1.82, 2.24) is 9.55 Å². The maximum atomic E-state index is 11.8. The maximum absolute atomic E-state index is 11.8. The molecule has 4 nitrogen and oxygen atoms in total. The van der Waals surface area contributed by atoms with Gasteiger partial charge in [-0.15, -0.1) is 0 Å². The van der Waals surface area contributed by atoms with Crippen molar-refractivity contribution >= 4 is 11.6 Å². The van der Waals surface area contributed by atoms with Crippen LogP contribution in [-0.2, 0) is 0 Å². The van der Waals surface area contributed by atoms with E-state index in [0.29, 0.717) is 0 Å². The molecule has 1 rings (SSSR count). The van der Waals surface area contributed by atoms with E-state index in [1.807, 2.05) is 0 Å². The van der Waals surface area contributed by atoms with Gasteiger partial charge >= 0.3 is 5.69 Å². The average molecular weight is 197 g/mol. The summed E-state index contributed by atoms with van der Waals surface area (Å²) in [6, 6.07) is -4.54. The number of hydrogen-bond donors (Lipinski definition) is 1. The Balaban J connectivity index is 3.94. The van der Waals surface area contributed by atoms with Crippen LogP contribution in [-0.4, -0.2) is 9.55 Å². The number of aromatic nitrogens is 2. The maximum Gasteiger partial charge on any atom is 0.329 e. The van der Waals surface area contributed by atoms with Crippen molar-refractivity contribution in [3.05, 3.63) is 32.0 Å². The molecule has 1 aromatic heterocycles.